The Morgan fingerprint density at radius 1 is 1.41 bits per heavy atom. The second kappa shape index (κ2) is 11.4. The minimum atomic E-state index is -3.41. The molecule has 0 amide bonds. The van der Waals surface area contributed by atoms with Gasteiger partial charge in [-0.15, -0.1) is 0 Å². The summed E-state index contributed by atoms with van der Waals surface area (Å²) in [5, 5.41) is 1.75. The van der Waals surface area contributed by atoms with Crippen molar-refractivity contribution in [3.05, 3.63) is 33.5 Å². The average Bonchev–Trinajstić information content (AvgIpc) is 3.39. The Morgan fingerprint density at radius 3 is 2.91 bits per heavy atom. The van der Waals surface area contributed by atoms with E-state index in [1.54, 1.807) is 12.1 Å². The molecule has 3 rings (SSSR count). The van der Waals surface area contributed by atoms with Gasteiger partial charge in [0.2, 0.25) is 0 Å². The molecule has 7 nitrogen and oxygen atoms in total. The van der Waals surface area contributed by atoms with Crippen LogP contribution in [-0.4, -0.2) is 74.7 Å². The van der Waals surface area contributed by atoms with Gasteiger partial charge in [-0.3, -0.25) is 0 Å². The van der Waals surface area contributed by atoms with Gasteiger partial charge in [-0.2, -0.15) is 0 Å². The third-order valence-corrected chi connectivity index (χ3v) is 11.1. The van der Waals surface area contributed by atoms with Crippen LogP contribution in [0.2, 0.25) is 0 Å². The van der Waals surface area contributed by atoms with Crippen LogP contribution in [-0.2, 0) is 14.8 Å². The molecule has 4 N–H and O–H groups in total. The van der Waals surface area contributed by atoms with Gasteiger partial charge >= 0.3 is 189 Å². The molecule has 0 saturated heterocycles. The Bertz CT molecular complexity index is 850. The molecular formula is C22H37FIN4O3S-. The maximum absolute atomic E-state index is 15.2. The quantitative estimate of drug-likeness (QED) is 0.0994. The number of ether oxygens (including phenoxy) is 1. The molecule has 1 heterocycles. The molecule has 1 saturated carbocycles. The SMILES string of the molecule is CCNN(C)CCS(=O)(=O)NCCOC12C=C([C@@H](CN)CC3=CCCC=C3)[I-]CC1(F)C2. The number of allylic oxidation sites excluding steroid dienone is 4. The van der Waals surface area contributed by atoms with Gasteiger partial charge in [0.25, 0.3) is 0 Å². The van der Waals surface area contributed by atoms with Gasteiger partial charge in [-0.1, -0.05) is 6.92 Å². The summed E-state index contributed by atoms with van der Waals surface area (Å²) in [6, 6.07) is 0. The fraction of sp³-hybridized carbons (Fsp3) is 0.727. The van der Waals surface area contributed by atoms with Crippen LogP contribution < -0.4 is 37.1 Å². The second-order valence-corrected chi connectivity index (χ2v) is 13.4. The van der Waals surface area contributed by atoms with Gasteiger partial charge in [-0.25, -0.2) is 0 Å². The molecule has 0 aromatic rings. The monoisotopic (exact) mass is 583 g/mol. The van der Waals surface area contributed by atoms with Crippen molar-refractivity contribution >= 4 is 10.0 Å². The first kappa shape index (κ1) is 26.2. The van der Waals surface area contributed by atoms with E-state index in [1.165, 1.54) is 9.15 Å². The third kappa shape index (κ3) is 6.83. The van der Waals surface area contributed by atoms with Crippen LogP contribution in [0.4, 0.5) is 4.39 Å². The van der Waals surface area contributed by atoms with Crippen molar-refractivity contribution in [1.29, 1.82) is 0 Å². The molecule has 32 heavy (non-hydrogen) atoms. The fourth-order valence-electron chi connectivity index (χ4n) is 4.11. The molecule has 184 valence electrons. The first-order chi connectivity index (χ1) is 15.2. The zero-order chi connectivity index (χ0) is 23.2. The first-order valence-corrected chi connectivity index (χ1v) is 15.6. The summed E-state index contributed by atoms with van der Waals surface area (Å²) in [5.74, 6) is 0.223. The molecule has 0 radical (unpaired) electrons. The van der Waals surface area contributed by atoms with Gasteiger partial charge < -0.3 is 0 Å². The Labute approximate surface area is 202 Å². The summed E-state index contributed by atoms with van der Waals surface area (Å²) in [6.07, 6.45) is 12.1. The molecule has 10 heteroatoms. The molecule has 0 spiro atoms. The topological polar surface area (TPSA) is 96.7 Å². The van der Waals surface area contributed by atoms with E-state index in [1.807, 2.05) is 13.0 Å². The van der Waals surface area contributed by atoms with E-state index >= 15 is 4.39 Å². The molecule has 1 fully saturated rings. The number of hydrogen-bond donors (Lipinski definition) is 3. The minimum absolute atomic E-state index is 0.00828. The van der Waals surface area contributed by atoms with Crippen LogP contribution in [0.15, 0.2) is 33.5 Å². The van der Waals surface area contributed by atoms with Crippen LogP contribution in [0.3, 0.4) is 0 Å². The number of halogens is 2. The van der Waals surface area contributed by atoms with Crippen molar-refractivity contribution in [2.75, 3.05) is 50.0 Å². The molecule has 0 bridgehead atoms. The van der Waals surface area contributed by atoms with Crippen LogP contribution >= 0.6 is 0 Å². The number of nitrogens with two attached hydrogens (primary N) is 1. The number of alkyl halides is 2. The van der Waals surface area contributed by atoms with Gasteiger partial charge in [0.1, 0.15) is 0 Å². The van der Waals surface area contributed by atoms with Crippen LogP contribution in [0.1, 0.15) is 32.6 Å². The van der Waals surface area contributed by atoms with E-state index in [0.29, 0.717) is 23.9 Å². The van der Waals surface area contributed by atoms with Crippen molar-refractivity contribution in [2.45, 2.75) is 43.9 Å². The summed E-state index contributed by atoms with van der Waals surface area (Å²) in [5.41, 5.74) is 8.26. The van der Waals surface area contributed by atoms with Gasteiger partial charge in [0, 0.05) is 6.54 Å². The second-order valence-electron chi connectivity index (χ2n) is 8.72. The summed E-state index contributed by atoms with van der Waals surface area (Å²) in [4.78, 5) is 0. The van der Waals surface area contributed by atoms with Crippen molar-refractivity contribution in [2.24, 2.45) is 11.7 Å². The Kier molecular flexibility index (Phi) is 9.32. The number of rotatable bonds is 14. The Balaban J connectivity index is 1.52. The molecular weight excluding hydrogens is 546 g/mol. The van der Waals surface area contributed by atoms with Crippen molar-refractivity contribution < 1.29 is 38.8 Å². The molecule has 0 aromatic heterocycles. The van der Waals surface area contributed by atoms with Crippen LogP contribution in [0, 0.1) is 5.92 Å². The number of nitrogens with zero attached hydrogens (tertiary/aromatic N) is 1. The number of sulfonamides is 1. The predicted molar refractivity (Wildman–Crippen MR) is 122 cm³/mol. The molecule has 2 unspecified atom stereocenters. The van der Waals surface area contributed by atoms with Crippen molar-refractivity contribution in [3.8, 4) is 0 Å². The summed E-state index contributed by atoms with van der Waals surface area (Å²) in [6.45, 7) is 3.91. The van der Waals surface area contributed by atoms with Crippen molar-refractivity contribution in [3.63, 3.8) is 0 Å². The molecule has 2 aliphatic carbocycles. The number of nitrogens with one attached hydrogen (secondary N) is 2. The number of hydrogen-bond acceptors (Lipinski definition) is 6. The Hall–Kier alpha value is -0.370. The van der Waals surface area contributed by atoms with Crippen LogP contribution in [0.5, 0.6) is 0 Å². The van der Waals surface area contributed by atoms with E-state index in [9.17, 15) is 8.42 Å². The summed E-state index contributed by atoms with van der Waals surface area (Å²) < 4.78 is 49.9. The van der Waals surface area contributed by atoms with E-state index in [0.717, 1.165) is 25.8 Å². The molecule has 0 aromatic carbocycles. The molecule has 3 atom stereocenters. The number of hydrazine groups is 1. The predicted octanol–water partition coefficient (Wildman–Crippen LogP) is -1.54. The Morgan fingerprint density at radius 2 is 2.22 bits per heavy atom. The normalized spacial score (nSPS) is 28.5. The molecule has 3 aliphatic rings. The average molecular weight is 584 g/mol. The van der Waals surface area contributed by atoms with E-state index in [2.05, 4.69) is 28.4 Å². The van der Waals surface area contributed by atoms with Crippen molar-refractivity contribution in [1.82, 2.24) is 15.2 Å². The maximum atomic E-state index is 15.2. The van der Waals surface area contributed by atoms with E-state index in [4.69, 9.17) is 10.5 Å². The van der Waals surface area contributed by atoms with Gasteiger partial charge in [-0.05, 0) is 0 Å². The van der Waals surface area contributed by atoms with Gasteiger partial charge in [0.15, 0.2) is 0 Å². The zero-order valence-corrected chi connectivity index (χ0v) is 22.1. The van der Waals surface area contributed by atoms with E-state index < -0.39 is 42.5 Å². The first-order valence-electron chi connectivity index (χ1n) is 11.3. The molecule has 1 aliphatic heterocycles. The summed E-state index contributed by atoms with van der Waals surface area (Å²) >= 11 is -0.408. The zero-order valence-electron chi connectivity index (χ0n) is 19.1. The van der Waals surface area contributed by atoms with Gasteiger partial charge in [0.05, 0.1) is 0 Å². The number of fused-ring (bicyclic) bond motifs is 1. The fourth-order valence-corrected chi connectivity index (χ4v) is 8.95. The third-order valence-electron chi connectivity index (χ3n) is 6.12. The van der Waals surface area contributed by atoms with Crippen LogP contribution in [0.25, 0.3) is 0 Å². The van der Waals surface area contributed by atoms with E-state index in [-0.39, 0.29) is 24.8 Å². The summed E-state index contributed by atoms with van der Waals surface area (Å²) in [7, 11) is -1.60. The standard InChI is InChI=1S/C22H37FIN4O3S/c1-3-26-28(2)10-12-32(29,30)27-9-11-31-22-14-20(24-17-21(22,23)16-22)19(15-25)13-18-7-5-4-6-8-18/h5,7-8,14,19,26-27H,3-4,6,9-13,15-17,25H2,1-2H3/q-1/t19-,21?,22?/m1/s1.